The van der Waals surface area contributed by atoms with Gasteiger partial charge in [-0.05, 0) is 36.2 Å². The molecule has 7 heteroatoms. The Labute approximate surface area is 138 Å². The summed E-state index contributed by atoms with van der Waals surface area (Å²) in [6, 6.07) is 10.8. The van der Waals surface area contributed by atoms with Crippen LogP contribution >= 0.6 is 0 Å². The maximum atomic E-state index is 12.5. The Kier molecular flexibility index (Phi) is 6.17. The summed E-state index contributed by atoms with van der Waals surface area (Å²) >= 11 is 0. The van der Waals surface area contributed by atoms with Crippen molar-refractivity contribution in [3.8, 4) is 0 Å². The zero-order chi connectivity index (χ0) is 17.4. The van der Waals surface area contributed by atoms with Crippen molar-refractivity contribution < 1.29 is 13.2 Å². The lowest BCUT2D eigenvalue weighted by Crippen LogP contribution is -2.33. The first-order valence-electron chi connectivity index (χ1n) is 7.55. The normalized spacial score (nSPS) is 12.2. The molecule has 128 valence electrons. The van der Waals surface area contributed by atoms with E-state index < -0.39 is 11.7 Å². The molecule has 1 heterocycles. The number of alkyl halides is 3. The van der Waals surface area contributed by atoms with E-state index in [-0.39, 0.29) is 0 Å². The smallest absolute Gasteiger partial charge is 0.370 e. The Hall–Kier alpha value is -2.57. The van der Waals surface area contributed by atoms with Gasteiger partial charge < -0.3 is 11.1 Å². The van der Waals surface area contributed by atoms with Gasteiger partial charge in [-0.3, -0.25) is 9.98 Å². The first-order valence-corrected chi connectivity index (χ1v) is 7.55. The van der Waals surface area contributed by atoms with Crippen LogP contribution in [0.4, 0.5) is 13.2 Å². The number of aromatic nitrogens is 1. The Morgan fingerprint density at radius 2 is 1.83 bits per heavy atom. The molecule has 3 N–H and O–H groups in total. The molecule has 2 aromatic rings. The molecule has 0 aliphatic heterocycles. The molecule has 0 amide bonds. The topological polar surface area (TPSA) is 63.3 Å². The number of pyridine rings is 1. The molecule has 0 spiro atoms. The predicted octanol–water partition coefficient (Wildman–Crippen LogP) is 2.79. The molecule has 1 aromatic heterocycles. The van der Waals surface area contributed by atoms with Crippen molar-refractivity contribution in [2.45, 2.75) is 19.0 Å². The highest BCUT2D eigenvalue weighted by molar-refractivity contribution is 5.77. The number of rotatable bonds is 6. The van der Waals surface area contributed by atoms with E-state index in [1.165, 1.54) is 12.1 Å². The van der Waals surface area contributed by atoms with Gasteiger partial charge in [-0.15, -0.1) is 0 Å². The van der Waals surface area contributed by atoms with Crippen molar-refractivity contribution in [1.29, 1.82) is 0 Å². The summed E-state index contributed by atoms with van der Waals surface area (Å²) in [6.45, 7) is 1.03. The van der Waals surface area contributed by atoms with Crippen molar-refractivity contribution in [2.24, 2.45) is 10.7 Å². The molecule has 0 bridgehead atoms. The standard InChI is InChI=1S/C17H19F3N4/c18-17(19,20)14-6-4-13(5-7-14)8-11-23-16(21)24-12-9-15-3-1-2-10-22-15/h1-7,10H,8-9,11-12H2,(H3,21,23,24). The largest absolute Gasteiger partial charge is 0.416 e. The quantitative estimate of drug-likeness (QED) is 0.630. The van der Waals surface area contributed by atoms with Crippen LogP contribution in [0.15, 0.2) is 53.7 Å². The number of nitrogens with two attached hydrogens (primary N) is 1. The van der Waals surface area contributed by atoms with Crippen LogP contribution in [0.3, 0.4) is 0 Å². The van der Waals surface area contributed by atoms with Crippen molar-refractivity contribution in [1.82, 2.24) is 10.3 Å². The Morgan fingerprint density at radius 1 is 1.08 bits per heavy atom. The van der Waals surface area contributed by atoms with E-state index in [4.69, 9.17) is 5.73 Å². The van der Waals surface area contributed by atoms with E-state index in [2.05, 4.69) is 15.3 Å². The second kappa shape index (κ2) is 8.33. The molecule has 0 aliphatic rings. The van der Waals surface area contributed by atoms with E-state index in [9.17, 15) is 13.2 Å². The molecule has 0 unspecified atom stereocenters. The van der Waals surface area contributed by atoms with E-state index in [1.807, 2.05) is 18.2 Å². The number of benzene rings is 1. The summed E-state index contributed by atoms with van der Waals surface area (Å²) in [4.78, 5) is 8.38. The average Bonchev–Trinajstić information content (AvgIpc) is 2.55. The fraction of sp³-hybridized carbons (Fsp3) is 0.294. The molecule has 0 fully saturated rings. The van der Waals surface area contributed by atoms with Crippen LogP contribution in [-0.4, -0.2) is 24.0 Å². The molecule has 1 aromatic carbocycles. The highest BCUT2D eigenvalue weighted by Gasteiger charge is 2.29. The molecule has 0 saturated carbocycles. The monoisotopic (exact) mass is 336 g/mol. The van der Waals surface area contributed by atoms with Crippen molar-refractivity contribution >= 4 is 5.96 Å². The molecule has 0 saturated heterocycles. The third kappa shape index (κ3) is 5.91. The van der Waals surface area contributed by atoms with Crippen molar-refractivity contribution in [2.75, 3.05) is 13.1 Å². The molecule has 0 radical (unpaired) electrons. The van der Waals surface area contributed by atoms with Crippen LogP contribution in [0.5, 0.6) is 0 Å². The van der Waals surface area contributed by atoms with Gasteiger partial charge in [0.2, 0.25) is 0 Å². The summed E-state index contributed by atoms with van der Waals surface area (Å²) in [5.41, 5.74) is 6.86. The van der Waals surface area contributed by atoms with Crippen LogP contribution in [0.25, 0.3) is 0 Å². The minimum atomic E-state index is -4.30. The summed E-state index contributed by atoms with van der Waals surface area (Å²) in [7, 11) is 0. The lowest BCUT2D eigenvalue weighted by Gasteiger charge is -2.08. The van der Waals surface area contributed by atoms with Gasteiger partial charge in [0, 0.05) is 31.4 Å². The van der Waals surface area contributed by atoms with Gasteiger partial charge in [-0.2, -0.15) is 13.2 Å². The summed E-state index contributed by atoms with van der Waals surface area (Å²) < 4.78 is 37.4. The lowest BCUT2D eigenvalue weighted by molar-refractivity contribution is -0.137. The van der Waals surface area contributed by atoms with Gasteiger partial charge in [0.25, 0.3) is 0 Å². The third-order valence-corrected chi connectivity index (χ3v) is 3.38. The molecular weight excluding hydrogens is 317 g/mol. The zero-order valence-corrected chi connectivity index (χ0v) is 13.1. The molecule has 2 rings (SSSR count). The molecule has 4 nitrogen and oxygen atoms in total. The summed E-state index contributed by atoms with van der Waals surface area (Å²) in [6.07, 6.45) is -1.32. The fourth-order valence-corrected chi connectivity index (χ4v) is 2.09. The average molecular weight is 336 g/mol. The van der Waals surface area contributed by atoms with Crippen LogP contribution in [0.2, 0.25) is 0 Å². The number of halogens is 3. The molecular formula is C17H19F3N4. The Morgan fingerprint density at radius 3 is 2.46 bits per heavy atom. The zero-order valence-electron chi connectivity index (χ0n) is 13.1. The number of guanidine groups is 1. The Bertz CT molecular complexity index is 652. The molecule has 24 heavy (non-hydrogen) atoms. The van der Waals surface area contributed by atoms with E-state index >= 15 is 0 Å². The number of nitrogens with one attached hydrogen (secondary N) is 1. The van der Waals surface area contributed by atoms with Gasteiger partial charge in [0.05, 0.1) is 5.56 Å². The first kappa shape index (κ1) is 17.8. The highest BCUT2D eigenvalue weighted by Crippen LogP contribution is 2.29. The van der Waals surface area contributed by atoms with Crippen molar-refractivity contribution in [3.05, 3.63) is 65.5 Å². The second-order valence-corrected chi connectivity index (χ2v) is 5.21. The third-order valence-electron chi connectivity index (χ3n) is 3.38. The van der Waals surface area contributed by atoms with E-state index in [0.29, 0.717) is 31.9 Å². The summed E-state index contributed by atoms with van der Waals surface area (Å²) in [5, 5.41) is 2.95. The predicted molar refractivity (Wildman–Crippen MR) is 87.6 cm³/mol. The minimum absolute atomic E-state index is 0.317. The van der Waals surface area contributed by atoms with Gasteiger partial charge in [-0.25, -0.2) is 0 Å². The minimum Gasteiger partial charge on any atom is -0.370 e. The fourth-order valence-electron chi connectivity index (χ4n) is 2.09. The van der Waals surface area contributed by atoms with Crippen LogP contribution in [0.1, 0.15) is 16.8 Å². The Balaban J connectivity index is 1.72. The van der Waals surface area contributed by atoms with Gasteiger partial charge in [-0.1, -0.05) is 18.2 Å². The number of hydrogen-bond acceptors (Lipinski definition) is 2. The summed E-state index contributed by atoms with van der Waals surface area (Å²) in [5.74, 6) is 0.317. The molecule has 0 atom stereocenters. The second-order valence-electron chi connectivity index (χ2n) is 5.21. The van der Waals surface area contributed by atoms with Gasteiger partial charge in [0.1, 0.15) is 0 Å². The van der Waals surface area contributed by atoms with E-state index in [0.717, 1.165) is 23.4 Å². The maximum absolute atomic E-state index is 12.5. The lowest BCUT2D eigenvalue weighted by atomic mass is 10.1. The number of nitrogens with zero attached hydrogens (tertiary/aromatic N) is 2. The van der Waals surface area contributed by atoms with Crippen molar-refractivity contribution in [3.63, 3.8) is 0 Å². The van der Waals surface area contributed by atoms with Crippen LogP contribution in [-0.2, 0) is 19.0 Å². The first-order chi connectivity index (χ1) is 11.4. The SMILES string of the molecule is NC(=NCCc1ccccn1)NCCc1ccc(C(F)(F)F)cc1. The van der Waals surface area contributed by atoms with Crippen LogP contribution in [0, 0.1) is 0 Å². The van der Waals surface area contributed by atoms with Crippen LogP contribution < -0.4 is 11.1 Å². The maximum Gasteiger partial charge on any atom is 0.416 e. The van der Waals surface area contributed by atoms with E-state index in [1.54, 1.807) is 6.20 Å². The molecule has 0 aliphatic carbocycles. The van der Waals surface area contributed by atoms with Gasteiger partial charge >= 0.3 is 6.18 Å². The highest BCUT2D eigenvalue weighted by atomic mass is 19.4. The number of aliphatic imine (C=N–C) groups is 1. The number of hydrogen-bond donors (Lipinski definition) is 2. The van der Waals surface area contributed by atoms with Gasteiger partial charge in [0.15, 0.2) is 5.96 Å².